The summed E-state index contributed by atoms with van der Waals surface area (Å²) in [6.45, 7) is 3.42. The van der Waals surface area contributed by atoms with Crippen LogP contribution in [0.5, 0.6) is 0 Å². The second kappa shape index (κ2) is 7.02. The lowest BCUT2D eigenvalue weighted by atomic mass is 10.1. The van der Waals surface area contributed by atoms with Crippen molar-refractivity contribution in [1.82, 2.24) is 19.6 Å². The van der Waals surface area contributed by atoms with Crippen molar-refractivity contribution < 1.29 is 13.2 Å². The molecule has 0 fully saturated rings. The molecule has 20 heavy (non-hydrogen) atoms. The summed E-state index contributed by atoms with van der Waals surface area (Å²) in [5, 5.41) is 2.41. The lowest BCUT2D eigenvalue weighted by Gasteiger charge is -2.18. The van der Waals surface area contributed by atoms with Gasteiger partial charge in [0.1, 0.15) is 0 Å². The van der Waals surface area contributed by atoms with Crippen LogP contribution in [0.15, 0.2) is 17.6 Å². The molecule has 4 N–H and O–H groups in total. The van der Waals surface area contributed by atoms with Crippen LogP contribution < -0.4 is 15.8 Å². The van der Waals surface area contributed by atoms with E-state index in [0.29, 0.717) is 0 Å². The first-order valence-electron chi connectivity index (χ1n) is 5.63. The maximum Gasteiger partial charge on any atom is 0.260 e. The van der Waals surface area contributed by atoms with Crippen LogP contribution in [0.4, 0.5) is 0 Å². The number of nitrogens with zero attached hydrogens (tertiary/aromatic N) is 2. The summed E-state index contributed by atoms with van der Waals surface area (Å²) in [6, 6.07) is 0. The molecule has 1 aromatic rings. The van der Waals surface area contributed by atoms with E-state index < -0.39 is 21.5 Å². The number of rotatable bonds is 6. The number of sulfonamides is 1. The second-order valence-corrected chi connectivity index (χ2v) is 6.68. The van der Waals surface area contributed by atoms with Gasteiger partial charge in [0.15, 0.2) is 5.03 Å². The Bertz CT molecular complexity index is 549. The minimum Gasteiger partial charge on any atom is -0.353 e. The van der Waals surface area contributed by atoms with Crippen LogP contribution in [0.3, 0.4) is 0 Å². The number of hydrogen-bond acceptors (Lipinski definition) is 5. The highest BCUT2D eigenvalue weighted by atomic mass is 35.5. The average molecular weight is 326 g/mol. The fourth-order valence-electron chi connectivity index (χ4n) is 1.15. The van der Waals surface area contributed by atoms with Crippen molar-refractivity contribution in [2.24, 2.45) is 12.8 Å². The molecule has 1 rings (SSSR count). The monoisotopic (exact) mass is 325 g/mol. The summed E-state index contributed by atoms with van der Waals surface area (Å²) in [5.74, 6) is -0.446. The van der Waals surface area contributed by atoms with Crippen molar-refractivity contribution in [3.63, 3.8) is 0 Å². The zero-order chi connectivity index (χ0) is 14.7. The Balaban J connectivity index is 0.00000361. The van der Waals surface area contributed by atoms with E-state index in [1.165, 1.54) is 17.1 Å². The number of nitrogens with two attached hydrogens (primary N) is 1. The van der Waals surface area contributed by atoms with Crippen LogP contribution in [0.25, 0.3) is 0 Å². The Morgan fingerprint density at radius 3 is 2.55 bits per heavy atom. The van der Waals surface area contributed by atoms with Gasteiger partial charge in [-0.3, -0.25) is 4.79 Å². The van der Waals surface area contributed by atoms with Crippen LogP contribution in [0.2, 0.25) is 0 Å². The maximum atomic E-state index is 11.8. The molecule has 1 heterocycles. The van der Waals surface area contributed by atoms with Gasteiger partial charge in [-0.2, -0.15) is 0 Å². The summed E-state index contributed by atoms with van der Waals surface area (Å²) in [6.07, 6.45) is 2.72. The van der Waals surface area contributed by atoms with E-state index in [2.05, 4.69) is 15.0 Å². The zero-order valence-electron chi connectivity index (χ0n) is 11.6. The SMILES string of the molecule is Cl.Cn1cnc(S(=O)(=O)NCC(=O)NCC(C)(C)N)c1. The molecular formula is C10H20ClN5O3S. The fourth-order valence-corrected chi connectivity index (χ4v) is 2.11. The minimum absolute atomic E-state index is 0. The molecule has 0 atom stereocenters. The first-order chi connectivity index (χ1) is 8.60. The predicted molar refractivity (Wildman–Crippen MR) is 76.9 cm³/mol. The third-order valence-corrected chi connectivity index (χ3v) is 3.41. The molecule has 0 aliphatic heterocycles. The normalized spacial score (nSPS) is 11.8. The second-order valence-electron chi connectivity index (χ2n) is 4.97. The molecule has 0 saturated heterocycles. The van der Waals surface area contributed by atoms with Crippen molar-refractivity contribution >= 4 is 28.3 Å². The Hall–Kier alpha value is -1.16. The quantitative estimate of drug-likeness (QED) is 0.618. The van der Waals surface area contributed by atoms with Gasteiger partial charge >= 0.3 is 0 Å². The standard InChI is InChI=1S/C10H19N5O3S.ClH/c1-10(2,11)6-12-8(16)4-14-19(17,18)9-5-15(3)7-13-9;/h5,7,14H,4,6,11H2,1-3H3,(H,12,16);1H. The molecule has 1 aromatic heterocycles. The van der Waals surface area contributed by atoms with Crippen LogP contribution in [0.1, 0.15) is 13.8 Å². The van der Waals surface area contributed by atoms with Gasteiger partial charge in [-0.1, -0.05) is 0 Å². The molecule has 0 radical (unpaired) electrons. The number of carbonyl (C=O) groups is 1. The van der Waals surface area contributed by atoms with Gasteiger partial charge in [-0.25, -0.2) is 18.1 Å². The predicted octanol–water partition coefficient (Wildman–Crippen LogP) is -1.03. The summed E-state index contributed by atoms with van der Waals surface area (Å²) in [5.41, 5.74) is 5.15. The summed E-state index contributed by atoms with van der Waals surface area (Å²) in [4.78, 5) is 15.2. The highest BCUT2D eigenvalue weighted by Crippen LogP contribution is 2.03. The first-order valence-corrected chi connectivity index (χ1v) is 7.12. The number of aromatic nitrogens is 2. The van der Waals surface area contributed by atoms with E-state index in [4.69, 9.17) is 5.73 Å². The van der Waals surface area contributed by atoms with Crippen molar-refractivity contribution in [3.8, 4) is 0 Å². The molecule has 10 heteroatoms. The van der Waals surface area contributed by atoms with E-state index >= 15 is 0 Å². The molecule has 8 nitrogen and oxygen atoms in total. The van der Waals surface area contributed by atoms with Gasteiger partial charge in [-0.05, 0) is 13.8 Å². The first kappa shape index (κ1) is 18.8. The van der Waals surface area contributed by atoms with Crippen LogP contribution >= 0.6 is 12.4 Å². The summed E-state index contributed by atoms with van der Waals surface area (Å²) < 4.78 is 27.2. The van der Waals surface area contributed by atoms with E-state index in [1.807, 2.05) is 0 Å². The molecule has 0 bridgehead atoms. The molecule has 0 aliphatic rings. The highest BCUT2D eigenvalue weighted by Gasteiger charge is 2.18. The topological polar surface area (TPSA) is 119 Å². The zero-order valence-corrected chi connectivity index (χ0v) is 13.2. The van der Waals surface area contributed by atoms with Crippen molar-refractivity contribution in [2.75, 3.05) is 13.1 Å². The van der Waals surface area contributed by atoms with E-state index in [-0.39, 0.29) is 30.5 Å². The Labute approximate surface area is 124 Å². The Morgan fingerprint density at radius 1 is 1.50 bits per heavy atom. The smallest absolute Gasteiger partial charge is 0.260 e. The number of amides is 1. The highest BCUT2D eigenvalue weighted by molar-refractivity contribution is 7.89. The minimum atomic E-state index is -3.76. The average Bonchev–Trinajstić information content (AvgIpc) is 2.70. The maximum absolute atomic E-state index is 11.8. The number of carbonyl (C=O) groups excluding carboxylic acids is 1. The van der Waals surface area contributed by atoms with Gasteiger partial charge in [0.05, 0.1) is 12.9 Å². The van der Waals surface area contributed by atoms with Crippen molar-refractivity contribution in [2.45, 2.75) is 24.4 Å². The van der Waals surface area contributed by atoms with Crippen LogP contribution in [0, 0.1) is 0 Å². The number of halogens is 1. The number of hydrogen-bond donors (Lipinski definition) is 3. The third kappa shape index (κ3) is 6.33. The molecule has 0 saturated carbocycles. The Kier molecular flexibility index (Phi) is 6.62. The summed E-state index contributed by atoms with van der Waals surface area (Å²) >= 11 is 0. The molecule has 1 amide bonds. The van der Waals surface area contributed by atoms with Gasteiger partial charge in [-0.15, -0.1) is 12.4 Å². The number of aryl methyl sites for hydroxylation is 1. The van der Waals surface area contributed by atoms with Gasteiger partial charge in [0.2, 0.25) is 5.91 Å². The van der Waals surface area contributed by atoms with E-state index in [9.17, 15) is 13.2 Å². The van der Waals surface area contributed by atoms with Crippen LogP contribution in [-0.2, 0) is 21.9 Å². The van der Waals surface area contributed by atoms with E-state index in [0.717, 1.165) is 0 Å². The van der Waals surface area contributed by atoms with Crippen molar-refractivity contribution in [3.05, 3.63) is 12.5 Å². The summed E-state index contributed by atoms with van der Waals surface area (Å²) in [7, 11) is -2.11. The molecule has 0 aromatic carbocycles. The molecule has 116 valence electrons. The largest absolute Gasteiger partial charge is 0.353 e. The van der Waals surface area contributed by atoms with Gasteiger partial charge in [0.25, 0.3) is 10.0 Å². The lowest BCUT2D eigenvalue weighted by molar-refractivity contribution is -0.120. The fraction of sp³-hybridized carbons (Fsp3) is 0.600. The number of nitrogens with one attached hydrogen (secondary N) is 2. The third-order valence-electron chi connectivity index (χ3n) is 2.12. The van der Waals surface area contributed by atoms with Crippen LogP contribution in [-0.4, -0.2) is 42.5 Å². The van der Waals surface area contributed by atoms with Gasteiger partial charge < -0.3 is 15.6 Å². The van der Waals surface area contributed by atoms with E-state index in [1.54, 1.807) is 20.9 Å². The van der Waals surface area contributed by atoms with Gasteiger partial charge in [0, 0.05) is 25.3 Å². The van der Waals surface area contributed by atoms with Crippen molar-refractivity contribution in [1.29, 1.82) is 0 Å². The Morgan fingerprint density at radius 2 is 2.10 bits per heavy atom. The molecular weight excluding hydrogens is 306 g/mol. The lowest BCUT2D eigenvalue weighted by Crippen LogP contribution is -2.47. The molecule has 0 unspecified atom stereocenters. The molecule has 0 aliphatic carbocycles. The number of imidazole rings is 1. The molecule has 0 spiro atoms.